The van der Waals surface area contributed by atoms with Gasteiger partial charge in [0.25, 0.3) is 0 Å². The zero-order valence-corrected chi connectivity index (χ0v) is 17.8. The van der Waals surface area contributed by atoms with Crippen molar-refractivity contribution in [1.82, 2.24) is 14.9 Å². The van der Waals surface area contributed by atoms with Crippen molar-refractivity contribution >= 4 is 22.0 Å². The highest BCUT2D eigenvalue weighted by Gasteiger charge is 2.56. The first-order chi connectivity index (χ1) is 12.8. The first-order valence-corrected chi connectivity index (χ1v) is 10.4. The third-order valence-corrected chi connectivity index (χ3v) is 6.65. The van der Waals surface area contributed by atoms with Gasteiger partial charge in [-0.1, -0.05) is 41.9 Å². The Morgan fingerprint density at radius 2 is 2.00 bits per heavy atom. The molecule has 144 valence electrons. The van der Waals surface area contributed by atoms with Gasteiger partial charge in [-0.15, -0.1) is 0 Å². The fourth-order valence-corrected chi connectivity index (χ4v) is 3.91. The van der Waals surface area contributed by atoms with Gasteiger partial charge in [0.1, 0.15) is 11.4 Å². The molecule has 0 radical (unpaired) electrons. The van der Waals surface area contributed by atoms with E-state index in [1.165, 1.54) is 0 Å². The normalized spacial score (nSPS) is 24.2. The molecule has 6 heteroatoms. The van der Waals surface area contributed by atoms with E-state index < -0.39 is 5.60 Å². The van der Waals surface area contributed by atoms with Gasteiger partial charge in [-0.05, 0) is 56.2 Å². The molecule has 0 spiro atoms. The predicted molar refractivity (Wildman–Crippen MR) is 108 cm³/mol. The second-order valence-electron chi connectivity index (χ2n) is 8.54. The average molecular weight is 432 g/mol. The van der Waals surface area contributed by atoms with Crippen LogP contribution in [0, 0.1) is 11.8 Å². The monoisotopic (exact) mass is 431 g/mol. The first kappa shape index (κ1) is 18.5. The molecule has 2 heterocycles. The molecule has 1 amide bonds. The van der Waals surface area contributed by atoms with E-state index in [1.807, 2.05) is 49.2 Å². The summed E-state index contributed by atoms with van der Waals surface area (Å²) in [4.78, 5) is 22.9. The number of halogens is 1. The Morgan fingerprint density at radius 3 is 2.67 bits per heavy atom. The Balaban J connectivity index is 1.55. The second-order valence-corrected chi connectivity index (χ2v) is 9.45. The molecule has 1 aromatic heterocycles. The Labute approximate surface area is 168 Å². The number of aromatic nitrogens is 2. The first-order valence-electron chi connectivity index (χ1n) is 9.58. The summed E-state index contributed by atoms with van der Waals surface area (Å²) in [5.74, 6) is 1.68. The third kappa shape index (κ3) is 3.51. The molecule has 27 heavy (non-hydrogen) atoms. The van der Waals surface area contributed by atoms with E-state index in [2.05, 4.69) is 39.7 Å². The number of aromatic amines is 1. The molecule has 1 aliphatic carbocycles. The smallest absolute Gasteiger partial charge is 0.411 e. The number of amides is 1. The molecule has 5 nitrogen and oxygen atoms in total. The molecule has 1 aromatic carbocycles. The molecule has 2 aliphatic rings. The molecule has 0 unspecified atom stereocenters. The summed E-state index contributed by atoms with van der Waals surface area (Å²) in [6.07, 6.45) is 3.66. The van der Waals surface area contributed by atoms with Gasteiger partial charge in [-0.2, -0.15) is 0 Å². The summed E-state index contributed by atoms with van der Waals surface area (Å²) >= 11 is 3.46. The highest BCUT2D eigenvalue weighted by Crippen LogP contribution is 2.53. The minimum atomic E-state index is -0.486. The maximum atomic E-state index is 13.0. The minimum Gasteiger partial charge on any atom is -0.443 e. The summed E-state index contributed by atoms with van der Waals surface area (Å²) in [5.41, 5.74) is 1.56. The van der Waals surface area contributed by atoms with Crippen LogP contribution >= 0.6 is 15.9 Å². The molecule has 3 atom stereocenters. The number of piperidine rings is 1. The number of carbonyl (C=O) groups is 1. The number of H-pyrrole nitrogens is 1. The Hall–Kier alpha value is -1.82. The zero-order chi connectivity index (χ0) is 19.3. The SMILES string of the molecule is CC(C)C(C)(C)OC(=O)N1[C@@H]2C[C@@H]2C[C@H]1c1ncc(-c2ccc(Br)cc2)[nH]1. The van der Waals surface area contributed by atoms with Crippen LogP contribution in [0.1, 0.15) is 52.4 Å². The van der Waals surface area contributed by atoms with E-state index in [-0.39, 0.29) is 18.1 Å². The number of fused-ring (bicyclic) bond motifs is 1. The topological polar surface area (TPSA) is 58.2 Å². The number of likely N-dealkylation sites (tertiary alicyclic amines) is 1. The number of rotatable bonds is 4. The largest absolute Gasteiger partial charge is 0.443 e. The number of nitrogens with one attached hydrogen (secondary N) is 1. The van der Waals surface area contributed by atoms with Crippen LogP contribution in [0.15, 0.2) is 34.9 Å². The molecule has 1 aliphatic heterocycles. The summed E-state index contributed by atoms with van der Waals surface area (Å²) in [6.45, 7) is 8.10. The fraction of sp³-hybridized carbons (Fsp3) is 0.524. The van der Waals surface area contributed by atoms with E-state index in [4.69, 9.17) is 4.74 Å². The van der Waals surface area contributed by atoms with Crippen LogP contribution in [-0.2, 0) is 4.74 Å². The lowest BCUT2D eigenvalue weighted by atomic mass is 9.95. The van der Waals surface area contributed by atoms with Crippen molar-refractivity contribution in [2.75, 3.05) is 0 Å². The van der Waals surface area contributed by atoms with Gasteiger partial charge >= 0.3 is 6.09 Å². The van der Waals surface area contributed by atoms with Gasteiger partial charge < -0.3 is 9.72 Å². The number of carbonyl (C=O) groups excluding carboxylic acids is 1. The summed E-state index contributed by atoms with van der Waals surface area (Å²) < 4.78 is 6.92. The number of benzene rings is 1. The van der Waals surface area contributed by atoms with Gasteiger partial charge in [0, 0.05) is 10.5 Å². The maximum Gasteiger partial charge on any atom is 0.411 e. The lowest BCUT2D eigenvalue weighted by Gasteiger charge is -2.33. The van der Waals surface area contributed by atoms with Crippen LogP contribution in [0.4, 0.5) is 4.79 Å². The van der Waals surface area contributed by atoms with Crippen molar-refractivity contribution in [3.63, 3.8) is 0 Å². The van der Waals surface area contributed by atoms with E-state index in [9.17, 15) is 4.79 Å². The van der Waals surface area contributed by atoms with Gasteiger partial charge in [-0.3, -0.25) is 4.90 Å². The number of imidazole rings is 1. The summed E-state index contributed by atoms with van der Waals surface area (Å²) in [5, 5.41) is 0. The molecule has 1 N–H and O–H groups in total. The van der Waals surface area contributed by atoms with Gasteiger partial charge in [-0.25, -0.2) is 9.78 Å². The van der Waals surface area contributed by atoms with Gasteiger partial charge in [0.2, 0.25) is 0 Å². The lowest BCUT2D eigenvalue weighted by molar-refractivity contribution is -0.0201. The molecule has 2 fully saturated rings. The summed E-state index contributed by atoms with van der Waals surface area (Å²) in [7, 11) is 0. The molecule has 2 aromatic rings. The maximum absolute atomic E-state index is 13.0. The Morgan fingerprint density at radius 1 is 1.30 bits per heavy atom. The quantitative estimate of drug-likeness (QED) is 0.690. The van der Waals surface area contributed by atoms with Crippen molar-refractivity contribution in [3.8, 4) is 11.3 Å². The standard InChI is InChI=1S/C21H26BrN3O2/c1-12(2)21(3,4)27-20(26)25-17-9-14(17)10-18(25)19-23-11-16(24-19)13-5-7-15(22)8-6-13/h5-8,11-12,14,17-18H,9-10H2,1-4H3,(H,23,24)/t14-,17-,18+/m1/s1. The van der Waals surface area contributed by atoms with Crippen LogP contribution in [0.2, 0.25) is 0 Å². The molecule has 0 bridgehead atoms. The van der Waals surface area contributed by atoms with Crippen LogP contribution < -0.4 is 0 Å². The highest BCUT2D eigenvalue weighted by atomic mass is 79.9. The van der Waals surface area contributed by atoms with Crippen LogP contribution in [0.25, 0.3) is 11.3 Å². The fourth-order valence-electron chi connectivity index (χ4n) is 3.64. The lowest BCUT2D eigenvalue weighted by Crippen LogP contribution is -2.42. The van der Waals surface area contributed by atoms with E-state index >= 15 is 0 Å². The minimum absolute atomic E-state index is 0.0339. The Bertz CT molecular complexity index is 843. The number of ether oxygens (including phenoxy) is 1. The van der Waals surface area contributed by atoms with Crippen molar-refractivity contribution in [2.24, 2.45) is 11.8 Å². The van der Waals surface area contributed by atoms with E-state index in [0.29, 0.717) is 12.0 Å². The second kappa shape index (κ2) is 6.66. The van der Waals surface area contributed by atoms with E-state index in [1.54, 1.807) is 0 Å². The third-order valence-electron chi connectivity index (χ3n) is 6.12. The zero-order valence-electron chi connectivity index (χ0n) is 16.2. The van der Waals surface area contributed by atoms with E-state index in [0.717, 1.165) is 34.4 Å². The molecular formula is C21H26BrN3O2. The van der Waals surface area contributed by atoms with Gasteiger partial charge in [0.05, 0.1) is 17.9 Å². The number of nitrogens with zero attached hydrogens (tertiary/aromatic N) is 2. The molecule has 4 rings (SSSR count). The van der Waals surface area contributed by atoms with Crippen molar-refractivity contribution in [1.29, 1.82) is 0 Å². The molecule has 1 saturated heterocycles. The summed E-state index contributed by atoms with van der Waals surface area (Å²) in [6, 6.07) is 8.38. The van der Waals surface area contributed by atoms with Crippen molar-refractivity contribution in [2.45, 2.75) is 58.2 Å². The van der Waals surface area contributed by atoms with Crippen LogP contribution in [-0.4, -0.2) is 32.6 Å². The highest BCUT2D eigenvalue weighted by molar-refractivity contribution is 9.10. The molecule has 1 saturated carbocycles. The number of hydrogen-bond acceptors (Lipinski definition) is 3. The van der Waals surface area contributed by atoms with Crippen LogP contribution in [0.5, 0.6) is 0 Å². The van der Waals surface area contributed by atoms with Crippen molar-refractivity contribution < 1.29 is 9.53 Å². The van der Waals surface area contributed by atoms with Crippen LogP contribution in [0.3, 0.4) is 0 Å². The van der Waals surface area contributed by atoms with Gasteiger partial charge in [0.15, 0.2) is 0 Å². The van der Waals surface area contributed by atoms with Crippen molar-refractivity contribution in [3.05, 3.63) is 40.8 Å². The Kier molecular flexibility index (Phi) is 4.57. The number of hydrogen-bond donors (Lipinski definition) is 1. The molecular weight excluding hydrogens is 406 g/mol. The predicted octanol–water partition coefficient (Wildman–Crippen LogP) is 5.55. The average Bonchev–Trinajstić information content (AvgIpc) is 3.05.